The first-order valence-electron chi connectivity index (χ1n) is 9.51. The van der Waals surface area contributed by atoms with Gasteiger partial charge in [0.15, 0.2) is 0 Å². The van der Waals surface area contributed by atoms with Gasteiger partial charge in [0, 0.05) is 28.9 Å². The zero-order valence-electron chi connectivity index (χ0n) is 16.7. The molecular formula is C21H25ClN2O4S. The highest BCUT2D eigenvalue weighted by atomic mass is 35.5. The zero-order valence-corrected chi connectivity index (χ0v) is 18.3. The number of nitrogens with zero attached hydrogens (tertiary/aromatic N) is 1. The smallest absolute Gasteiger partial charge is 0.255 e. The number of carbonyl (C=O) groups is 1. The summed E-state index contributed by atoms with van der Waals surface area (Å²) in [4.78, 5) is 12.8. The van der Waals surface area contributed by atoms with Crippen molar-refractivity contribution in [3.8, 4) is 5.75 Å². The molecule has 1 fully saturated rings. The van der Waals surface area contributed by atoms with Crippen LogP contribution in [0.15, 0.2) is 41.3 Å². The van der Waals surface area contributed by atoms with Gasteiger partial charge < -0.3 is 10.1 Å². The van der Waals surface area contributed by atoms with Crippen molar-refractivity contribution >= 4 is 33.2 Å². The number of hydrogen-bond donors (Lipinski definition) is 1. The fourth-order valence-electron chi connectivity index (χ4n) is 3.50. The maximum absolute atomic E-state index is 13.3. The molecule has 0 saturated carbocycles. The second kappa shape index (κ2) is 8.73. The van der Waals surface area contributed by atoms with E-state index in [1.54, 1.807) is 24.3 Å². The van der Waals surface area contributed by atoms with Crippen molar-refractivity contribution in [2.45, 2.75) is 44.0 Å². The number of anilines is 1. The number of carbonyl (C=O) groups excluding carboxylic acids is 1. The highest BCUT2D eigenvalue weighted by Gasteiger charge is 2.33. The van der Waals surface area contributed by atoms with Crippen molar-refractivity contribution in [3.63, 3.8) is 0 Å². The van der Waals surface area contributed by atoms with Gasteiger partial charge in [-0.2, -0.15) is 4.31 Å². The third-order valence-electron chi connectivity index (χ3n) is 5.20. The van der Waals surface area contributed by atoms with Crippen LogP contribution in [0.1, 0.15) is 42.1 Å². The van der Waals surface area contributed by atoms with Crippen LogP contribution >= 0.6 is 11.6 Å². The number of nitrogens with one attached hydrogen (secondary N) is 1. The topological polar surface area (TPSA) is 75.7 Å². The first-order chi connectivity index (χ1) is 13.7. The van der Waals surface area contributed by atoms with Crippen LogP contribution in [-0.2, 0) is 10.0 Å². The molecule has 1 atom stereocenters. The molecular weight excluding hydrogens is 412 g/mol. The lowest BCUT2D eigenvalue weighted by molar-refractivity contribution is 0.102. The van der Waals surface area contributed by atoms with Gasteiger partial charge >= 0.3 is 0 Å². The maximum atomic E-state index is 13.3. The Morgan fingerprint density at radius 1 is 1.21 bits per heavy atom. The summed E-state index contributed by atoms with van der Waals surface area (Å²) in [5.74, 6) is -0.195. The zero-order chi connectivity index (χ0) is 21.2. The first kappa shape index (κ1) is 21.6. The molecule has 1 unspecified atom stereocenters. The highest BCUT2D eigenvalue weighted by molar-refractivity contribution is 7.89. The molecule has 1 N–H and O–H groups in total. The fourth-order valence-corrected chi connectivity index (χ4v) is 5.55. The van der Waals surface area contributed by atoms with Crippen LogP contribution in [0.5, 0.6) is 5.75 Å². The highest BCUT2D eigenvalue weighted by Crippen LogP contribution is 2.32. The molecule has 0 spiro atoms. The number of ether oxygens (including phenoxy) is 1. The summed E-state index contributed by atoms with van der Waals surface area (Å²) in [6.45, 7) is 4.22. The van der Waals surface area contributed by atoms with Crippen molar-refractivity contribution in [3.05, 3.63) is 52.5 Å². The van der Waals surface area contributed by atoms with Gasteiger partial charge in [-0.15, -0.1) is 0 Å². The van der Waals surface area contributed by atoms with Gasteiger partial charge in [0.1, 0.15) is 10.6 Å². The van der Waals surface area contributed by atoms with E-state index in [0.29, 0.717) is 17.3 Å². The summed E-state index contributed by atoms with van der Waals surface area (Å²) in [5.41, 5.74) is 1.66. The van der Waals surface area contributed by atoms with Crippen LogP contribution in [0, 0.1) is 6.92 Å². The molecule has 156 valence electrons. The normalized spacial score (nSPS) is 17.7. The molecule has 6 nitrogen and oxygen atoms in total. The van der Waals surface area contributed by atoms with Gasteiger partial charge in [-0.25, -0.2) is 8.42 Å². The van der Waals surface area contributed by atoms with Crippen LogP contribution in [0.4, 0.5) is 5.69 Å². The second-order valence-corrected chi connectivity index (χ2v) is 9.53. The fraction of sp³-hybridized carbons (Fsp3) is 0.381. The summed E-state index contributed by atoms with van der Waals surface area (Å²) in [6.07, 6.45) is 2.64. The quantitative estimate of drug-likeness (QED) is 0.750. The molecule has 29 heavy (non-hydrogen) atoms. The summed E-state index contributed by atoms with van der Waals surface area (Å²) in [7, 11) is -2.37. The number of amides is 1. The lowest BCUT2D eigenvalue weighted by Crippen LogP contribution is -2.42. The van der Waals surface area contributed by atoms with Crippen molar-refractivity contribution in [2.75, 3.05) is 19.0 Å². The SMILES string of the molecule is COc1ccc(C(=O)Nc2cc(Cl)ccc2C)cc1S(=O)(=O)N1CCCCC1C. The maximum Gasteiger partial charge on any atom is 0.255 e. The molecule has 1 aliphatic rings. The van der Waals surface area contributed by atoms with Gasteiger partial charge in [0.2, 0.25) is 10.0 Å². The Morgan fingerprint density at radius 2 is 1.97 bits per heavy atom. The molecule has 0 aliphatic carbocycles. The van der Waals surface area contributed by atoms with Gasteiger partial charge in [-0.05, 0) is 62.6 Å². The van der Waals surface area contributed by atoms with Crippen molar-refractivity contribution in [1.82, 2.24) is 4.31 Å². The Kier molecular flexibility index (Phi) is 6.51. The summed E-state index contributed by atoms with van der Waals surface area (Å²) >= 11 is 6.02. The molecule has 0 bridgehead atoms. The minimum atomic E-state index is -3.79. The average molecular weight is 437 g/mol. The van der Waals surface area contributed by atoms with Crippen molar-refractivity contribution in [1.29, 1.82) is 0 Å². The van der Waals surface area contributed by atoms with E-state index >= 15 is 0 Å². The van der Waals surface area contributed by atoms with Crippen molar-refractivity contribution < 1.29 is 17.9 Å². The largest absolute Gasteiger partial charge is 0.495 e. The molecule has 1 amide bonds. The van der Waals surface area contributed by atoms with Crippen LogP contribution in [-0.4, -0.2) is 38.3 Å². The van der Waals surface area contributed by atoms with E-state index in [0.717, 1.165) is 24.8 Å². The number of aryl methyl sites for hydroxylation is 1. The summed E-state index contributed by atoms with van der Waals surface area (Å²) in [5, 5.41) is 3.30. The van der Waals surface area contributed by atoms with E-state index in [-0.39, 0.29) is 22.3 Å². The van der Waals surface area contributed by atoms with E-state index in [1.165, 1.54) is 23.5 Å². The number of rotatable bonds is 5. The third-order valence-corrected chi connectivity index (χ3v) is 7.47. The Hall–Kier alpha value is -2.09. The molecule has 0 radical (unpaired) electrons. The number of methoxy groups -OCH3 is 1. The Labute approximate surface area is 176 Å². The molecule has 3 rings (SSSR count). The predicted octanol–water partition coefficient (Wildman–Crippen LogP) is 4.47. The minimum Gasteiger partial charge on any atom is -0.495 e. The predicted molar refractivity (Wildman–Crippen MR) is 114 cm³/mol. The van der Waals surface area contributed by atoms with E-state index < -0.39 is 15.9 Å². The minimum absolute atomic E-state index is 0.00390. The molecule has 2 aromatic rings. The molecule has 0 aromatic heterocycles. The number of sulfonamides is 1. The third kappa shape index (κ3) is 4.57. The van der Waals surface area contributed by atoms with Gasteiger partial charge in [0.05, 0.1) is 7.11 Å². The molecule has 1 saturated heterocycles. The lowest BCUT2D eigenvalue weighted by Gasteiger charge is -2.32. The first-order valence-corrected chi connectivity index (χ1v) is 11.3. The summed E-state index contributed by atoms with van der Waals surface area (Å²) < 4.78 is 33.4. The summed E-state index contributed by atoms with van der Waals surface area (Å²) in [6, 6.07) is 9.55. The average Bonchev–Trinajstić information content (AvgIpc) is 2.70. The number of hydrogen-bond acceptors (Lipinski definition) is 4. The number of piperidine rings is 1. The van der Waals surface area contributed by atoms with Crippen LogP contribution < -0.4 is 10.1 Å². The van der Waals surface area contributed by atoms with E-state index in [4.69, 9.17) is 16.3 Å². The van der Waals surface area contributed by atoms with Crippen LogP contribution in [0.25, 0.3) is 0 Å². The van der Waals surface area contributed by atoms with E-state index in [9.17, 15) is 13.2 Å². The van der Waals surface area contributed by atoms with Crippen molar-refractivity contribution in [2.24, 2.45) is 0 Å². The second-order valence-electron chi connectivity index (χ2n) is 7.24. The van der Waals surface area contributed by atoms with E-state index in [2.05, 4.69) is 5.32 Å². The van der Waals surface area contributed by atoms with Gasteiger partial charge in [-0.1, -0.05) is 24.1 Å². The van der Waals surface area contributed by atoms with Crippen LogP contribution in [0.3, 0.4) is 0 Å². The van der Waals surface area contributed by atoms with Gasteiger partial charge in [0.25, 0.3) is 5.91 Å². The van der Waals surface area contributed by atoms with E-state index in [1.807, 2.05) is 13.8 Å². The molecule has 1 aliphatic heterocycles. The Morgan fingerprint density at radius 3 is 2.66 bits per heavy atom. The van der Waals surface area contributed by atoms with Gasteiger partial charge in [-0.3, -0.25) is 4.79 Å². The number of halogens is 1. The Bertz CT molecular complexity index is 1020. The molecule has 8 heteroatoms. The van der Waals surface area contributed by atoms with Crippen LogP contribution in [0.2, 0.25) is 5.02 Å². The standard InChI is InChI=1S/C21H25ClN2O4S/c1-14-7-9-17(22)13-18(14)23-21(25)16-8-10-19(28-3)20(12-16)29(26,27)24-11-5-4-6-15(24)2/h7-10,12-13,15H,4-6,11H2,1-3H3,(H,23,25). The monoisotopic (exact) mass is 436 g/mol. The molecule has 2 aromatic carbocycles. The Balaban J connectivity index is 1.96. The number of benzene rings is 2. The molecule has 1 heterocycles. The lowest BCUT2D eigenvalue weighted by atomic mass is 10.1.